The maximum atomic E-state index is 12.1. The minimum atomic E-state index is -0.877. The van der Waals surface area contributed by atoms with Gasteiger partial charge in [-0.1, -0.05) is 19.9 Å². The summed E-state index contributed by atoms with van der Waals surface area (Å²) in [5.41, 5.74) is -0.419. The van der Waals surface area contributed by atoms with Crippen LogP contribution < -0.4 is 0 Å². The van der Waals surface area contributed by atoms with Crippen LogP contribution in [0.3, 0.4) is 0 Å². The van der Waals surface area contributed by atoms with Gasteiger partial charge in [0.2, 0.25) is 5.91 Å². The molecule has 0 saturated heterocycles. The van der Waals surface area contributed by atoms with E-state index in [0.717, 1.165) is 0 Å². The van der Waals surface area contributed by atoms with Gasteiger partial charge >= 0.3 is 5.97 Å². The lowest BCUT2D eigenvalue weighted by atomic mass is 10.1. The molecule has 1 rings (SSSR count). The van der Waals surface area contributed by atoms with E-state index in [-0.39, 0.29) is 11.8 Å². The Morgan fingerprint density at radius 1 is 1.44 bits per heavy atom. The van der Waals surface area contributed by atoms with Crippen molar-refractivity contribution in [1.82, 2.24) is 4.90 Å². The van der Waals surface area contributed by atoms with Gasteiger partial charge in [-0.15, -0.1) is 6.58 Å². The summed E-state index contributed by atoms with van der Waals surface area (Å²) >= 11 is 0. The Morgan fingerprint density at radius 2 is 2.00 bits per heavy atom. The van der Waals surface area contributed by atoms with Gasteiger partial charge in [-0.2, -0.15) is 0 Å². The van der Waals surface area contributed by atoms with E-state index >= 15 is 0 Å². The molecule has 0 aromatic carbocycles. The Kier molecular flexibility index (Phi) is 3.41. The molecular formula is C12H19NO3. The highest BCUT2D eigenvalue weighted by Crippen LogP contribution is 2.58. The molecule has 1 aliphatic carbocycles. The van der Waals surface area contributed by atoms with Crippen LogP contribution in [0.15, 0.2) is 12.7 Å². The lowest BCUT2D eigenvalue weighted by Gasteiger charge is -2.19. The van der Waals surface area contributed by atoms with Crippen molar-refractivity contribution >= 4 is 11.9 Å². The molecule has 0 heterocycles. The summed E-state index contributed by atoms with van der Waals surface area (Å²) in [6.07, 6.45) is 1.66. The number of carboxylic acids is 1. The zero-order chi connectivity index (χ0) is 12.5. The SMILES string of the molecule is C=CCN(CC)C(=O)[C@H]1[C@@H](C(=O)O)C1(C)C. The number of hydrogen-bond donors (Lipinski definition) is 1. The van der Waals surface area contributed by atoms with Crippen molar-refractivity contribution in [2.45, 2.75) is 20.8 Å². The lowest BCUT2D eigenvalue weighted by molar-refractivity contribution is -0.141. The second kappa shape index (κ2) is 4.28. The summed E-state index contributed by atoms with van der Waals surface area (Å²) in [5, 5.41) is 9.00. The van der Waals surface area contributed by atoms with Crippen molar-refractivity contribution in [2.75, 3.05) is 13.1 Å². The molecule has 0 aliphatic heterocycles. The molecule has 1 N–H and O–H groups in total. The topological polar surface area (TPSA) is 57.6 Å². The van der Waals surface area contributed by atoms with E-state index in [4.69, 9.17) is 5.11 Å². The highest BCUT2D eigenvalue weighted by atomic mass is 16.4. The highest BCUT2D eigenvalue weighted by Gasteiger charge is 2.66. The minimum absolute atomic E-state index is 0.0696. The van der Waals surface area contributed by atoms with Crippen molar-refractivity contribution in [3.05, 3.63) is 12.7 Å². The van der Waals surface area contributed by atoms with Crippen LogP contribution in [0.2, 0.25) is 0 Å². The van der Waals surface area contributed by atoms with Crippen molar-refractivity contribution in [2.24, 2.45) is 17.3 Å². The third kappa shape index (κ3) is 1.96. The fourth-order valence-corrected chi connectivity index (χ4v) is 2.29. The van der Waals surface area contributed by atoms with Crippen LogP contribution in [0.5, 0.6) is 0 Å². The van der Waals surface area contributed by atoms with E-state index < -0.39 is 17.3 Å². The average Bonchev–Trinajstić information content (AvgIpc) is 2.77. The molecule has 1 saturated carbocycles. The lowest BCUT2D eigenvalue weighted by Crippen LogP contribution is -2.33. The monoisotopic (exact) mass is 225 g/mol. The van der Waals surface area contributed by atoms with Gasteiger partial charge in [0, 0.05) is 13.1 Å². The molecule has 0 radical (unpaired) electrons. The predicted molar refractivity (Wildman–Crippen MR) is 60.8 cm³/mol. The number of nitrogens with zero attached hydrogens (tertiary/aromatic N) is 1. The second-order valence-corrected chi connectivity index (χ2v) is 4.78. The maximum Gasteiger partial charge on any atom is 0.307 e. The fraction of sp³-hybridized carbons (Fsp3) is 0.667. The van der Waals surface area contributed by atoms with Crippen LogP contribution in [0, 0.1) is 17.3 Å². The van der Waals surface area contributed by atoms with Crippen LogP contribution in [0.25, 0.3) is 0 Å². The number of carbonyl (C=O) groups is 2. The molecule has 0 bridgehead atoms. The Balaban J connectivity index is 2.76. The highest BCUT2D eigenvalue weighted by molar-refractivity contribution is 5.91. The first kappa shape index (κ1) is 12.7. The predicted octanol–water partition coefficient (Wildman–Crippen LogP) is 1.38. The summed E-state index contributed by atoms with van der Waals surface area (Å²) in [7, 11) is 0. The normalized spacial score (nSPS) is 25.9. The van der Waals surface area contributed by atoms with Gasteiger partial charge in [-0.05, 0) is 12.3 Å². The Morgan fingerprint density at radius 3 is 2.31 bits per heavy atom. The number of rotatable bonds is 5. The third-order valence-electron chi connectivity index (χ3n) is 3.40. The Labute approximate surface area is 95.9 Å². The van der Waals surface area contributed by atoms with Crippen LogP contribution in [-0.2, 0) is 9.59 Å². The number of amides is 1. The van der Waals surface area contributed by atoms with E-state index in [0.29, 0.717) is 13.1 Å². The first-order chi connectivity index (χ1) is 7.37. The molecule has 1 fully saturated rings. The van der Waals surface area contributed by atoms with Gasteiger partial charge in [0.1, 0.15) is 0 Å². The fourth-order valence-electron chi connectivity index (χ4n) is 2.29. The minimum Gasteiger partial charge on any atom is -0.481 e. The molecule has 90 valence electrons. The van der Waals surface area contributed by atoms with E-state index in [1.807, 2.05) is 20.8 Å². The van der Waals surface area contributed by atoms with Crippen molar-refractivity contribution in [1.29, 1.82) is 0 Å². The van der Waals surface area contributed by atoms with Gasteiger partial charge in [0.05, 0.1) is 11.8 Å². The molecule has 2 atom stereocenters. The molecule has 1 aliphatic rings. The third-order valence-corrected chi connectivity index (χ3v) is 3.40. The van der Waals surface area contributed by atoms with Crippen molar-refractivity contribution in [3.63, 3.8) is 0 Å². The standard InChI is InChI=1S/C12H19NO3/c1-5-7-13(6-2)10(14)8-9(11(15)16)12(8,3)4/h5,8-9H,1,6-7H2,2-4H3,(H,15,16)/t8-,9+/m1/s1. The van der Waals surface area contributed by atoms with Crippen molar-refractivity contribution in [3.8, 4) is 0 Å². The Bertz CT molecular complexity index is 322. The molecule has 4 nitrogen and oxygen atoms in total. The van der Waals surface area contributed by atoms with E-state index in [2.05, 4.69) is 6.58 Å². The number of carbonyl (C=O) groups excluding carboxylic acids is 1. The largest absolute Gasteiger partial charge is 0.481 e. The molecule has 0 unspecified atom stereocenters. The van der Waals surface area contributed by atoms with Crippen LogP contribution in [0.4, 0.5) is 0 Å². The van der Waals surface area contributed by atoms with Crippen molar-refractivity contribution < 1.29 is 14.7 Å². The molecule has 4 heteroatoms. The van der Waals surface area contributed by atoms with Gasteiger partial charge < -0.3 is 10.0 Å². The van der Waals surface area contributed by atoms with Crippen LogP contribution in [-0.4, -0.2) is 35.0 Å². The van der Waals surface area contributed by atoms with E-state index in [1.54, 1.807) is 11.0 Å². The van der Waals surface area contributed by atoms with Crippen LogP contribution in [0.1, 0.15) is 20.8 Å². The van der Waals surface area contributed by atoms with Gasteiger partial charge in [-0.25, -0.2) is 0 Å². The summed E-state index contributed by atoms with van der Waals surface area (Å²) in [4.78, 5) is 24.7. The smallest absolute Gasteiger partial charge is 0.307 e. The van der Waals surface area contributed by atoms with E-state index in [9.17, 15) is 9.59 Å². The first-order valence-electron chi connectivity index (χ1n) is 5.50. The molecule has 16 heavy (non-hydrogen) atoms. The maximum absolute atomic E-state index is 12.1. The quantitative estimate of drug-likeness (QED) is 0.719. The number of hydrogen-bond acceptors (Lipinski definition) is 2. The first-order valence-corrected chi connectivity index (χ1v) is 5.50. The zero-order valence-corrected chi connectivity index (χ0v) is 10.1. The van der Waals surface area contributed by atoms with Gasteiger partial charge in [0.15, 0.2) is 0 Å². The molecular weight excluding hydrogens is 206 g/mol. The Hall–Kier alpha value is -1.32. The summed E-state index contributed by atoms with van der Waals surface area (Å²) in [6, 6.07) is 0. The number of aliphatic carboxylic acids is 1. The van der Waals surface area contributed by atoms with Gasteiger partial charge in [-0.3, -0.25) is 9.59 Å². The summed E-state index contributed by atoms with van der Waals surface area (Å²) in [5.74, 6) is -1.87. The zero-order valence-electron chi connectivity index (χ0n) is 10.1. The molecule has 0 aromatic rings. The number of carboxylic acid groups (broad SMARTS) is 1. The van der Waals surface area contributed by atoms with E-state index in [1.165, 1.54) is 0 Å². The second-order valence-electron chi connectivity index (χ2n) is 4.78. The average molecular weight is 225 g/mol. The summed E-state index contributed by atoms with van der Waals surface area (Å²) in [6.45, 7) is 10.2. The van der Waals surface area contributed by atoms with Gasteiger partial charge in [0.25, 0.3) is 0 Å². The summed E-state index contributed by atoms with van der Waals surface area (Å²) < 4.78 is 0. The number of likely N-dealkylation sites (N-methyl/N-ethyl adjacent to an activating group) is 1. The van der Waals surface area contributed by atoms with Crippen LogP contribution >= 0.6 is 0 Å². The molecule has 0 spiro atoms. The molecule has 1 amide bonds. The molecule has 0 aromatic heterocycles.